The van der Waals surface area contributed by atoms with Crippen LogP contribution in [0.2, 0.25) is 0 Å². The first kappa shape index (κ1) is 15.6. The molecular weight excluding hydrogens is 264 g/mol. The van der Waals surface area contributed by atoms with Crippen LogP contribution in [-0.2, 0) is 20.7 Å². The lowest BCUT2D eigenvalue weighted by Crippen LogP contribution is -2.12. The standard InChI is InChI=1S/C14H16O6/c1-4-5-20-10-6-9(7-12(16)18-2)13(11(15)8-10)14(17)19-3/h4,6,8,15H,1,5,7H2,2-3H3. The molecule has 0 saturated carbocycles. The number of esters is 2. The molecule has 0 spiro atoms. The summed E-state index contributed by atoms with van der Waals surface area (Å²) in [5.74, 6) is -1.29. The van der Waals surface area contributed by atoms with Crippen LogP contribution in [0.1, 0.15) is 15.9 Å². The normalized spacial score (nSPS) is 9.70. The first-order chi connectivity index (χ1) is 9.53. The molecule has 6 heteroatoms. The second-order valence-corrected chi connectivity index (χ2v) is 3.82. The monoisotopic (exact) mass is 280 g/mol. The molecule has 0 aliphatic rings. The van der Waals surface area contributed by atoms with Crippen molar-refractivity contribution in [3.8, 4) is 11.5 Å². The SMILES string of the molecule is C=CCOc1cc(O)c(C(=O)OC)c(CC(=O)OC)c1. The topological polar surface area (TPSA) is 82.1 Å². The quantitative estimate of drug-likeness (QED) is 0.627. The summed E-state index contributed by atoms with van der Waals surface area (Å²) in [5.41, 5.74) is 0.187. The maximum absolute atomic E-state index is 11.7. The molecule has 0 radical (unpaired) electrons. The van der Waals surface area contributed by atoms with Gasteiger partial charge in [-0.25, -0.2) is 4.79 Å². The third-order valence-electron chi connectivity index (χ3n) is 2.49. The minimum atomic E-state index is -0.739. The Labute approximate surface area is 116 Å². The van der Waals surface area contributed by atoms with Gasteiger partial charge in [-0.1, -0.05) is 12.7 Å². The third kappa shape index (κ3) is 3.74. The van der Waals surface area contributed by atoms with Crippen LogP contribution in [0.3, 0.4) is 0 Å². The second-order valence-electron chi connectivity index (χ2n) is 3.82. The van der Waals surface area contributed by atoms with Crippen LogP contribution in [0.15, 0.2) is 24.8 Å². The Balaban J connectivity index is 3.23. The van der Waals surface area contributed by atoms with Crippen LogP contribution < -0.4 is 4.74 Å². The molecule has 0 heterocycles. The van der Waals surface area contributed by atoms with Crippen LogP contribution in [0.5, 0.6) is 11.5 Å². The molecule has 0 saturated heterocycles. The Hall–Kier alpha value is -2.50. The van der Waals surface area contributed by atoms with Gasteiger partial charge in [-0.3, -0.25) is 4.79 Å². The van der Waals surface area contributed by atoms with E-state index in [1.54, 1.807) is 0 Å². The number of phenols is 1. The summed E-state index contributed by atoms with van der Waals surface area (Å²) < 4.78 is 14.4. The molecule has 6 nitrogen and oxygen atoms in total. The number of rotatable bonds is 6. The number of aromatic hydroxyl groups is 1. The number of hydrogen-bond donors (Lipinski definition) is 1. The van der Waals surface area contributed by atoms with Crippen molar-refractivity contribution in [1.82, 2.24) is 0 Å². The fourth-order valence-electron chi connectivity index (χ4n) is 1.60. The van der Waals surface area contributed by atoms with E-state index < -0.39 is 11.9 Å². The van der Waals surface area contributed by atoms with E-state index in [1.165, 1.54) is 32.4 Å². The molecule has 1 aromatic carbocycles. The molecule has 108 valence electrons. The van der Waals surface area contributed by atoms with Gasteiger partial charge in [0.2, 0.25) is 0 Å². The molecule has 0 amide bonds. The van der Waals surface area contributed by atoms with Crippen LogP contribution in [0, 0.1) is 0 Å². The summed E-state index contributed by atoms with van der Waals surface area (Å²) in [6.45, 7) is 3.74. The lowest BCUT2D eigenvalue weighted by atomic mass is 10.0. The largest absolute Gasteiger partial charge is 0.507 e. The number of ether oxygens (including phenoxy) is 3. The van der Waals surface area contributed by atoms with Crippen LogP contribution in [0.25, 0.3) is 0 Å². The van der Waals surface area contributed by atoms with E-state index in [0.717, 1.165) is 0 Å². The zero-order chi connectivity index (χ0) is 15.1. The average molecular weight is 280 g/mol. The van der Waals surface area contributed by atoms with Gasteiger partial charge in [0, 0.05) is 6.07 Å². The van der Waals surface area contributed by atoms with E-state index in [0.29, 0.717) is 5.75 Å². The van der Waals surface area contributed by atoms with Crippen molar-refractivity contribution in [3.63, 3.8) is 0 Å². The van der Waals surface area contributed by atoms with Crippen molar-refractivity contribution in [2.75, 3.05) is 20.8 Å². The summed E-state index contributed by atoms with van der Waals surface area (Å²) in [6, 6.07) is 2.75. The Morgan fingerprint density at radius 1 is 1.30 bits per heavy atom. The fraction of sp³-hybridized carbons (Fsp3) is 0.286. The molecule has 1 aromatic rings. The van der Waals surface area contributed by atoms with E-state index in [1.807, 2.05) is 0 Å². The fourth-order valence-corrected chi connectivity index (χ4v) is 1.60. The summed E-state index contributed by atoms with van der Waals surface area (Å²) in [4.78, 5) is 23.0. The van der Waals surface area contributed by atoms with Gasteiger partial charge in [0.1, 0.15) is 23.7 Å². The van der Waals surface area contributed by atoms with Gasteiger partial charge >= 0.3 is 11.9 Å². The maximum atomic E-state index is 11.7. The van der Waals surface area contributed by atoms with E-state index >= 15 is 0 Å². The van der Waals surface area contributed by atoms with E-state index in [2.05, 4.69) is 16.1 Å². The lowest BCUT2D eigenvalue weighted by Gasteiger charge is -2.12. The molecule has 1 rings (SSSR count). The highest BCUT2D eigenvalue weighted by atomic mass is 16.5. The second kappa shape index (κ2) is 7.18. The van der Waals surface area contributed by atoms with Crippen molar-refractivity contribution in [3.05, 3.63) is 35.9 Å². The zero-order valence-corrected chi connectivity index (χ0v) is 11.3. The first-order valence-electron chi connectivity index (χ1n) is 5.78. The Morgan fingerprint density at radius 2 is 2.00 bits per heavy atom. The highest BCUT2D eigenvalue weighted by Gasteiger charge is 2.21. The molecule has 0 aliphatic heterocycles. The maximum Gasteiger partial charge on any atom is 0.341 e. The summed E-state index contributed by atoms with van der Waals surface area (Å²) in [5, 5.41) is 9.90. The van der Waals surface area contributed by atoms with Gasteiger partial charge < -0.3 is 19.3 Å². The van der Waals surface area contributed by atoms with E-state index in [-0.39, 0.29) is 29.9 Å². The molecule has 1 N–H and O–H groups in total. The summed E-state index contributed by atoms with van der Waals surface area (Å²) in [7, 11) is 2.42. The molecule has 0 aliphatic carbocycles. The highest BCUT2D eigenvalue weighted by molar-refractivity contribution is 5.95. The average Bonchev–Trinajstić information content (AvgIpc) is 2.43. The number of phenolic OH excluding ortho intramolecular Hbond substituents is 1. The molecule has 0 aromatic heterocycles. The summed E-state index contributed by atoms with van der Waals surface area (Å²) >= 11 is 0. The Bertz CT molecular complexity index is 521. The molecule has 0 atom stereocenters. The molecule has 0 fully saturated rings. The molecule has 0 unspecified atom stereocenters. The predicted molar refractivity (Wildman–Crippen MR) is 70.9 cm³/mol. The molecular formula is C14H16O6. The van der Waals surface area contributed by atoms with Crippen LogP contribution in [0.4, 0.5) is 0 Å². The first-order valence-corrected chi connectivity index (χ1v) is 5.78. The number of benzene rings is 1. The molecule has 20 heavy (non-hydrogen) atoms. The van der Waals surface area contributed by atoms with Crippen molar-refractivity contribution in [2.24, 2.45) is 0 Å². The van der Waals surface area contributed by atoms with Gasteiger partial charge in [-0.2, -0.15) is 0 Å². The van der Waals surface area contributed by atoms with Crippen molar-refractivity contribution >= 4 is 11.9 Å². The number of carbonyl (C=O) groups is 2. The van der Waals surface area contributed by atoms with Gasteiger partial charge in [-0.15, -0.1) is 0 Å². The number of carbonyl (C=O) groups excluding carboxylic acids is 2. The van der Waals surface area contributed by atoms with Crippen molar-refractivity contribution in [1.29, 1.82) is 0 Å². The zero-order valence-electron chi connectivity index (χ0n) is 11.3. The van der Waals surface area contributed by atoms with Crippen molar-refractivity contribution < 1.29 is 28.9 Å². The smallest absolute Gasteiger partial charge is 0.341 e. The Kier molecular flexibility index (Phi) is 5.58. The van der Waals surface area contributed by atoms with E-state index in [4.69, 9.17) is 4.74 Å². The van der Waals surface area contributed by atoms with Crippen LogP contribution in [-0.4, -0.2) is 37.9 Å². The minimum Gasteiger partial charge on any atom is -0.507 e. The molecule has 0 bridgehead atoms. The van der Waals surface area contributed by atoms with Gasteiger partial charge in [0.15, 0.2) is 0 Å². The predicted octanol–water partition coefficient (Wildman–Crippen LogP) is 1.46. The lowest BCUT2D eigenvalue weighted by molar-refractivity contribution is -0.139. The van der Waals surface area contributed by atoms with Gasteiger partial charge in [0.25, 0.3) is 0 Å². The van der Waals surface area contributed by atoms with Crippen LogP contribution >= 0.6 is 0 Å². The number of hydrogen-bond acceptors (Lipinski definition) is 6. The van der Waals surface area contributed by atoms with Gasteiger partial charge in [0.05, 0.1) is 20.6 Å². The highest BCUT2D eigenvalue weighted by Crippen LogP contribution is 2.29. The minimum absolute atomic E-state index is 0.0798. The van der Waals surface area contributed by atoms with Crippen molar-refractivity contribution in [2.45, 2.75) is 6.42 Å². The van der Waals surface area contributed by atoms with Gasteiger partial charge in [-0.05, 0) is 11.6 Å². The number of methoxy groups -OCH3 is 2. The van der Waals surface area contributed by atoms with E-state index in [9.17, 15) is 14.7 Å². The third-order valence-corrected chi connectivity index (χ3v) is 2.49. The summed E-state index contributed by atoms with van der Waals surface area (Å²) in [6.07, 6.45) is 1.35. The Morgan fingerprint density at radius 3 is 2.55 bits per heavy atom.